The minimum Gasteiger partial charge on any atom is -0.392 e. The first-order chi connectivity index (χ1) is 13.3. The van der Waals surface area contributed by atoms with E-state index in [4.69, 9.17) is 0 Å². The molecule has 0 radical (unpaired) electrons. The fraction of sp³-hybridized carbons (Fsp3) is 0.520. The van der Waals surface area contributed by atoms with Crippen LogP contribution in [0.15, 0.2) is 60.7 Å². The molecule has 2 heteroatoms. The summed E-state index contributed by atoms with van der Waals surface area (Å²) in [7, 11) is 0. The molecule has 0 heterocycles. The van der Waals surface area contributed by atoms with E-state index < -0.39 is 0 Å². The zero-order valence-electron chi connectivity index (χ0n) is 16.8. The van der Waals surface area contributed by atoms with Crippen molar-refractivity contribution in [1.29, 1.82) is 0 Å². The molecule has 27 heavy (non-hydrogen) atoms. The summed E-state index contributed by atoms with van der Waals surface area (Å²) in [6.45, 7) is 3.90. The summed E-state index contributed by atoms with van der Waals surface area (Å²) in [5.41, 5.74) is 2.65. The first-order valence-electron chi connectivity index (χ1n) is 10.8. The predicted octanol–water partition coefficient (Wildman–Crippen LogP) is 5.80. The fourth-order valence-electron chi connectivity index (χ4n) is 4.51. The maximum Gasteiger partial charge on any atom is 0.0693 e. The normalized spacial score (nSPS) is 17.7. The average molecular weight is 366 g/mol. The van der Waals surface area contributed by atoms with Crippen molar-refractivity contribution in [1.82, 2.24) is 4.90 Å². The van der Waals surface area contributed by atoms with E-state index >= 15 is 0 Å². The third-order valence-electron chi connectivity index (χ3n) is 6.09. The van der Waals surface area contributed by atoms with Crippen LogP contribution in [0.5, 0.6) is 0 Å². The highest BCUT2D eigenvalue weighted by Gasteiger charge is 2.29. The van der Waals surface area contributed by atoms with Crippen LogP contribution in [0.25, 0.3) is 0 Å². The van der Waals surface area contributed by atoms with Gasteiger partial charge in [0.05, 0.1) is 6.10 Å². The standard InChI is InChI=1S/C25H35NO/c1-2-25(27)24(18-21-12-6-3-7-13-21)26(19-22-14-8-4-9-15-22)20-23-16-10-5-11-17-23/h4-5,8-11,14-17,21,24-25,27H,2-3,6-7,12-13,18-20H2,1H3/t24-,25-/m0/s1. The van der Waals surface area contributed by atoms with E-state index in [-0.39, 0.29) is 12.1 Å². The van der Waals surface area contributed by atoms with E-state index in [9.17, 15) is 5.11 Å². The Labute approximate surface area is 165 Å². The van der Waals surface area contributed by atoms with E-state index in [0.717, 1.165) is 31.8 Å². The second kappa shape index (κ2) is 10.6. The average Bonchev–Trinajstić information content (AvgIpc) is 2.73. The quantitative estimate of drug-likeness (QED) is 0.607. The van der Waals surface area contributed by atoms with Gasteiger partial charge in [-0.25, -0.2) is 0 Å². The molecule has 2 aromatic carbocycles. The Morgan fingerprint density at radius 3 is 1.85 bits per heavy atom. The molecule has 1 N–H and O–H groups in total. The summed E-state index contributed by atoms with van der Waals surface area (Å²) in [5.74, 6) is 0.763. The Balaban J connectivity index is 1.80. The molecule has 0 unspecified atom stereocenters. The summed E-state index contributed by atoms with van der Waals surface area (Å²) < 4.78 is 0. The van der Waals surface area contributed by atoms with Crippen molar-refractivity contribution in [3.8, 4) is 0 Å². The van der Waals surface area contributed by atoms with Crippen LogP contribution >= 0.6 is 0 Å². The van der Waals surface area contributed by atoms with Crippen molar-refractivity contribution in [2.45, 2.75) is 77.1 Å². The van der Waals surface area contributed by atoms with Gasteiger partial charge >= 0.3 is 0 Å². The van der Waals surface area contributed by atoms with Crippen LogP contribution in [0.1, 0.15) is 63.0 Å². The molecule has 146 valence electrons. The van der Waals surface area contributed by atoms with Crippen molar-refractivity contribution < 1.29 is 5.11 Å². The first kappa shape index (κ1) is 20.1. The number of rotatable bonds is 9. The summed E-state index contributed by atoms with van der Waals surface area (Å²) in [4.78, 5) is 2.52. The van der Waals surface area contributed by atoms with E-state index in [1.54, 1.807) is 0 Å². The molecule has 0 bridgehead atoms. The molecule has 1 saturated carbocycles. The number of aliphatic hydroxyl groups excluding tert-OH is 1. The first-order valence-corrected chi connectivity index (χ1v) is 10.8. The highest BCUT2D eigenvalue weighted by molar-refractivity contribution is 5.17. The Hall–Kier alpha value is -1.64. The Kier molecular flexibility index (Phi) is 7.92. The summed E-state index contributed by atoms with van der Waals surface area (Å²) in [6.07, 6.45) is 8.43. The molecule has 2 atom stereocenters. The van der Waals surface area contributed by atoms with Crippen LogP contribution < -0.4 is 0 Å². The molecule has 0 aromatic heterocycles. The number of hydrogen-bond acceptors (Lipinski definition) is 2. The topological polar surface area (TPSA) is 23.5 Å². The van der Waals surface area contributed by atoms with Crippen LogP contribution in [0.2, 0.25) is 0 Å². The summed E-state index contributed by atoms with van der Waals surface area (Å²) in [6, 6.07) is 21.6. The van der Waals surface area contributed by atoms with Gasteiger partial charge in [-0.05, 0) is 29.9 Å². The van der Waals surface area contributed by atoms with Crippen LogP contribution in [0, 0.1) is 5.92 Å². The lowest BCUT2D eigenvalue weighted by Crippen LogP contribution is -2.44. The predicted molar refractivity (Wildman–Crippen MR) is 113 cm³/mol. The number of benzene rings is 2. The lowest BCUT2D eigenvalue weighted by Gasteiger charge is -2.38. The fourth-order valence-corrected chi connectivity index (χ4v) is 4.51. The van der Waals surface area contributed by atoms with E-state index in [1.807, 2.05) is 0 Å². The largest absolute Gasteiger partial charge is 0.392 e. The van der Waals surface area contributed by atoms with Gasteiger partial charge in [-0.3, -0.25) is 4.90 Å². The van der Waals surface area contributed by atoms with Crippen LogP contribution in [0.4, 0.5) is 0 Å². The van der Waals surface area contributed by atoms with Crippen LogP contribution in [-0.4, -0.2) is 22.2 Å². The third-order valence-corrected chi connectivity index (χ3v) is 6.09. The van der Waals surface area contributed by atoms with E-state index in [2.05, 4.69) is 72.5 Å². The molecule has 0 spiro atoms. The van der Waals surface area contributed by atoms with Gasteiger partial charge in [0.2, 0.25) is 0 Å². The molecule has 2 aromatic rings. The molecular weight excluding hydrogens is 330 g/mol. The van der Waals surface area contributed by atoms with Crippen molar-refractivity contribution >= 4 is 0 Å². The van der Waals surface area contributed by atoms with Gasteiger partial charge in [-0.2, -0.15) is 0 Å². The van der Waals surface area contributed by atoms with Gasteiger partial charge < -0.3 is 5.11 Å². The Morgan fingerprint density at radius 2 is 1.37 bits per heavy atom. The number of hydrogen-bond donors (Lipinski definition) is 1. The molecule has 2 nitrogen and oxygen atoms in total. The van der Waals surface area contributed by atoms with Gasteiger partial charge in [-0.1, -0.05) is 99.7 Å². The van der Waals surface area contributed by atoms with Gasteiger partial charge in [0.1, 0.15) is 0 Å². The summed E-state index contributed by atoms with van der Waals surface area (Å²) in [5, 5.41) is 10.9. The lowest BCUT2D eigenvalue weighted by atomic mass is 9.82. The van der Waals surface area contributed by atoms with E-state index in [1.165, 1.54) is 43.2 Å². The molecular formula is C25H35NO. The second-order valence-corrected chi connectivity index (χ2v) is 8.16. The van der Waals surface area contributed by atoms with Crippen LogP contribution in [0.3, 0.4) is 0 Å². The zero-order valence-corrected chi connectivity index (χ0v) is 16.8. The van der Waals surface area contributed by atoms with Crippen LogP contribution in [-0.2, 0) is 13.1 Å². The SMILES string of the molecule is CC[C@H](O)[C@H](CC1CCCCC1)N(Cc1ccccc1)Cc1ccccc1. The molecule has 1 aliphatic rings. The van der Waals surface area contributed by atoms with Gasteiger partial charge in [-0.15, -0.1) is 0 Å². The highest BCUT2D eigenvalue weighted by Crippen LogP contribution is 2.31. The molecule has 0 saturated heterocycles. The zero-order chi connectivity index (χ0) is 18.9. The second-order valence-electron chi connectivity index (χ2n) is 8.16. The third kappa shape index (κ3) is 6.19. The number of aliphatic hydroxyl groups is 1. The highest BCUT2D eigenvalue weighted by atomic mass is 16.3. The molecule has 1 aliphatic carbocycles. The number of nitrogens with zero attached hydrogens (tertiary/aromatic N) is 1. The maximum absolute atomic E-state index is 10.9. The summed E-state index contributed by atoms with van der Waals surface area (Å²) >= 11 is 0. The van der Waals surface area contributed by atoms with Gasteiger partial charge in [0.25, 0.3) is 0 Å². The Bertz CT molecular complexity index is 594. The van der Waals surface area contributed by atoms with Gasteiger partial charge in [0, 0.05) is 19.1 Å². The van der Waals surface area contributed by atoms with Crippen molar-refractivity contribution in [3.63, 3.8) is 0 Å². The maximum atomic E-state index is 10.9. The van der Waals surface area contributed by atoms with Crippen molar-refractivity contribution in [3.05, 3.63) is 71.8 Å². The lowest BCUT2D eigenvalue weighted by molar-refractivity contribution is 0.0201. The van der Waals surface area contributed by atoms with Crippen molar-refractivity contribution in [2.24, 2.45) is 5.92 Å². The molecule has 3 rings (SSSR count). The minimum atomic E-state index is -0.264. The van der Waals surface area contributed by atoms with Gasteiger partial charge in [0.15, 0.2) is 0 Å². The molecule has 1 fully saturated rings. The minimum absolute atomic E-state index is 0.221. The smallest absolute Gasteiger partial charge is 0.0693 e. The monoisotopic (exact) mass is 365 g/mol. The molecule has 0 aliphatic heterocycles. The van der Waals surface area contributed by atoms with Crippen molar-refractivity contribution in [2.75, 3.05) is 0 Å². The molecule has 0 amide bonds. The van der Waals surface area contributed by atoms with E-state index in [0.29, 0.717) is 0 Å². The Morgan fingerprint density at radius 1 is 0.852 bits per heavy atom.